The Bertz CT molecular complexity index is 543. The van der Waals surface area contributed by atoms with E-state index in [-0.39, 0.29) is 5.91 Å². The highest BCUT2D eigenvalue weighted by Crippen LogP contribution is 2.27. The molecule has 4 nitrogen and oxygen atoms in total. The van der Waals surface area contributed by atoms with Gasteiger partial charge in [0.15, 0.2) is 0 Å². The molecule has 0 aliphatic carbocycles. The molecule has 2 rings (SSSR count). The van der Waals surface area contributed by atoms with E-state index in [9.17, 15) is 4.79 Å². The maximum atomic E-state index is 11.1. The van der Waals surface area contributed by atoms with Crippen molar-refractivity contribution in [3.63, 3.8) is 0 Å². The number of carbonyl (C=O) groups excluding carboxylic acids is 1. The van der Waals surface area contributed by atoms with Crippen LogP contribution in [0, 0.1) is 6.92 Å². The van der Waals surface area contributed by atoms with Crippen molar-refractivity contribution in [2.24, 2.45) is 7.05 Å². The van der Waals surface area contributed by atoms with Crippen LogP contribution in [0.4, 0.5) is 5.82 Å². The molecule has 1 N–H and O–H groups in total. The number of rotatable bonds is 2. The molecule has 0 saturated carbocycles. The van der Waals surface area contributed by atoms with Crippen LogP contribution < -0.4 is 5.32 Å². The van der Waals surface area contributed by atoms with Crippen LogP contribution >= 0.6 is 0 Å². The van der Waals surface area contributed by atoms with Crippen molar-refractivity contribution in [1.29, 1.82) is 0 Å². The number of aromatic nitrogens is 2. The van der Waals surface area contributed by atoms with Crippen LogP contribution in [0.25, 0.3) is 11.3 Å². The monoisotopic (exact) mass is 229 g/mol. The molecule has 0 fully saturated rings. The first-order chi connectivity index (χ1) is 8.09. The van der Waals surface area contributed by atoms with Gasteiger partial charge < -0.3 is 5.32 Å². The maximum absolute atomic E-state index is 11.1. The van der Waals surface area contributed by atoms with Crippen LogP contribution in [-0.4, -0.2) is 15.7 Å². The second-order valence-electron chi connectivity index (χ2n) is 3.99. The Labute approximate surface area is 100 Å². The summed E-state index contributed by atoms with van der Waals surface area (Å²) in [6.45, 7) is 3.45. The van der Waals surface area contributed by atoms with Gasteiger partial charge in [-0.1, -0.05) is 30.3 Å². The molecule has 1 aromatic heterocycles. The Balaban J connectivity index is 2.48. The van der Waals surface area contributed by atoms with Crippen LogP contribution in [0.1, 0.15) is 12.5 Å². The van der Waals surface area contributed by atoms with Crippen molar-refractivity contribution < 1.29 is 4.79 Å². The van der Waals surface area contributed by atoms with Crippen LogP contribution in [0.5, 0.6) is 0 Å². The van der Waals surface area contributed by atoms with Crippen LogP contribution in [0.15, 0.2) is 30.3 Å². The normalized spacial score (nSPS) is 10.3. The van der Waals surface area contributed by atoms with E-state index < -0.39 is 0 Å². The second-order valence-corrected chi connectivity index (χ2v) is 3.99. The SMILES string of the molecule is CC(=O)Nc1c(C)c(-c2ccccc2)nn1C. The minimum absolute atomic E-state index is 0.0873. The molecule has 0 aliphatic rings. The molecule has 1 aromatic carbocycles. The fraction of sp³-hybridized carbons (Fsp3) is 0.231. The third-order valence-electron chi connectivity index (χ3n) is 2.63. The fourth-order valence-corrected chi connectivity index (χ4v) is 1.84. The van der Waals surface area contributed by atoms with Gasteiger partial charge in [0.25, 0.3) is 0 Å². The lowest BCUT2D eigenvalue weighted by atomic mass is 10.1. The summed E-state index contributed by atoms with van der Waals surface area (Å²) in [6, 6.07) is 9.93. The average Bonchev–Trinajstić information content (AvgIpc) is 2.58. The predicted molar refractivity (Wildman–Crippen MR) is 67.7 cm³/mol. The van der Waals surface area contributed by atoms with Gasteiger partial charge in [0.2, 0.25) is 5.91 Å². The molecule has 0 radical (unpaired) electrons. The van der Waals surface area contributed by atoms with Gasteiger partial charge in [-0.05, 0) is 6.92 Å². The molecule has 4 heteroatoms. The molecular weight excluding hydrogens is 214 g/mol. The third-order valence-corrected chi connectivity index (χ3v) is 2.63. The van der Waals surface area contributed by atoms with Gasteiger partial charge in [-0.2, -0.15) is 5.10 Å². The van der Waals surface area contributed by atoms with Gasteiger partial charge in [0, 0.05) is 25.1 Å². The molecule has 0 atom stereocenters. The van der Waals surface area contributed by atoms with E-state index in [4.69, 9.17) is 0 Å². The molecule has 0 saturated heterocycles. The Morgan fingerprint density at radius 3 is 2.53 bits per heavy atom. The highest BCUT2D eigenvalue weighted by molar-refractivity contribution is 5.89. The van der Waals surface area contributed by atoms with Crippen molar-refractivity contribution in [2.75, 3.05) is 5.32 Å². The molecule has 1 amide bonds. The summed E-state index contributed by atoms with van der Waals surface area (Å²) < 4.78 is 1.69. The van der Waals surface area contributed by atoms with E-state index in [1.54, 1.807) is 4.68 Å². The zero-order chi connectivity index (χ0) is 12.4. The van der Waals surface area contributed by atoms with Crippen LogP contribution in [-0.2, 0) is 11.8 Å². The second kappa shape index (κ2) is 4.41. The van der Waals surface area contributed by atoms with E-state index in [2.05, 4.69) is 10.4 Å². The standard InChI is InChI=1S/C13H15N3O/c1-9-12(11-7-5-4-6-8-11)15-16(3)13(9)14-10(2)17/h4-8H,1-3H3,(H,14,17). The van der Waals surface area contributed by atoms with E-state index in [1.165, 1.54) is 6.92 Å². The molecule has 0 bridgehead atoms. The van der Waals surface area contributed by atoms with Gasteiger partial charge in [-0.3, -0.25) is 9.48 Å². The predicted octanol–water partition coefficient (Wildman–Crippen LogP) is 2.35. The van der Waals surface area contributed by atoms with Gasteiger partial charge in [0.1, 0.15) is 5.82 Å². The minimum atomic E-state index is -0.0873. The van der Waals surface area contributed by atoms with Gasteiger partial charge >= 0.3 is 0 Å². The number of benzene rings is 1. The number of hydrogen-bond donors (Lipinski definition) is 1. The summed E-state index contributed by atoms with van der Waals surface area (Å²) in [5, 5.41) is 7.23. The first kappa shape index (κ1) is 11.4. The van der Waals surface area contributed by atoms with Crippen molar-refractivity contribution in [3.8, 4) is 11.3 Å². The largest absolute Gasteiger partial charge is 0.311 e. The lowest BCUT2D eigenvalue weighted by Gasteiger charge is -2.03. The summed E-state index contributed by atoms with van der Waals surface area (Å²) in [5.74, 6) is 0.659. The number of amides is 1. The first-order valence-electron chi connectivity index (χ1n) is 5.46. The number of nitrogens with zero attached hydrogens (tertiary/aromatic N) is 2. The van der Waals surface area contributed by atoms with E-state index in [0.717, 1.165) is 22.6 Å². The molecule has 1 heterocycles. The lowest BCUT2D eigenvalue weighted by Crippen LogP contribution is -2.10. The summed E-state index contributed by atoms with van der Waals surface area (Å²) in [4.78, 5) is 11.1. The van der Waals surface area contributed by atoms with Crippen molar-refractivity contribution in [3.05, 3.63) is 35.9 Å². The van der Waals surface area contributed by atoms with Crippen LogP contribution in [0.2, 0.25) is 0 Å². The minimum Gasteiger partial charge on any atom is -0.311 e. The fourth-order valence-electron chi connectivity index (χ4n) is 1.84. The van der Waals surface area contributed by atoms with E-state index in [1.807, 2.05) is 44.3 Å². The summed E-state index contributed by atoms with van der Waals surface area (Å²) >= 11 is 0. The molecule has 88 valence electrons. The van der Waals surface area contributed by atoms with Crippen LogP contribution in [0.3, 0.4) is 0 Å². The summed E-state index contributed by atoms with van der Waals surface area (Å²) in [6.07, 6.45) is 0. The quantitative estimate of drug-likeness (QED) is 0.859. The Hall–Kier alpha value is -2.10. The molecule has 0 spiro atoms. The number of nitrogens with one attached hydrogen (secondary N) is 1. The number of carbonyl (C=O) groups is 1. The highest BCUT2D eigenvalue weighted by Gasteiger charge is 2.14. The van der Waals surface area contributed by atoms with Gasteiger partial charge in [-0.15, -0.1) is 0 Å². The molecule has 17 heavy (non-hydrogen) atoms. The molecular formula is C13H15N3O. The third kappa shape index (κ3) is 2.20. The number of anilines is 1. The maximum Gasteiger partial charge on any atom is 0.222 e. The lowest BCUT2D eigenvalue weighted by molar-refractivity contribution is -0.114. The smallest absolute Gasteiger partial charge is 0.222 e. The summed E-state index contributed by atoms with van der Waals surface area (Å²) in [5.41, 5.74) is 2.93. The number of aryl methyl sites for hydroxylation is 1. The van der Waals surface area contributed by atoms with Gasteiger partial charge in [-0.25, -0.2) is 0 Å². The molecule has 0 aliphatic heterocycles. The molecule has 2 aromatic rings. The Morgan fingerprint density at radius 1 is 1.29 bits per heavy atom. The highest BCUT2D eigenvalue weighted by atomic mass is 16.1. The topological polar surface area (TPSA) is 46.9 Å². The Kier molecular flexibility index (Phi) is 2.95. The van der Waals surface area contributed by atoms with Crippen molar-refractivity contribution in [2.45, 2.75) is 13.8 Å². The zero-order valence-corrected chi connectivity index (χ0v) is 10.2. The number of hydrogen-bond acceptors (Lipinski definition) is 2. The van der Waals surface area contributed by atoms with Gasteiger partial charge in [0.05, 0.1) is 5.69 Å². The molecule has 0 unspecified atom stereocenters. The first-order valence-corrected chi connectivity index (χ1v) is 5.46. The summed E-state index contributed by atoms with van der Waals surface area (Å²) in [7, 11) is 1.82. The zero-order valence-electron chi connectivity index (χ0n) is 10.2. The van der Waals surface area contributed by atoms with E-state index in [0.29, 0.717) is 0 Å². The Morgan fingerprint density at radius 2 is 1.94 bits per heavy atom. The van der Waals surface area contributed by atoms with Crippen molar-refractivity contribution in [1.82, 2.24) is 9.78 Å². The van der Waals surface area contributed by atoms with Crippen molar-refractivity contribution >= 4 is 11.7 Å². The average molecular weight is 229 g/mol. The van der Waals surface area contributed by atoms with E-state index >= 15 is 0 Å².